The van der Waals surface area contributed by atoms with Gasteiger partial charge in [0.1, 0.15) is 27.0 Å². The first-order chi connectivity index (χ1) is 11.8. The Morgan fingerprint density at radius 3 is 3.00 bits per heavy atom. The van der Waals surface area contributed by atoms with Crippen LogP contribution in [-0.2, 0) is 27.5 Å². The number of rotatable bonds is 6. The zero-order valence-corrected chi connectivity index (χ0v) is 15.6. The number of aryl methyl sites for hydroxylation is 1. The minimum Gasteiger partial charge on any atom is -0.356 e. The van der Waals surface area contributed by atoms with Gasteiger partial charge in [-0.05, 0) is 37.2 Å². The van der Waals surface area contributed by atoms with Gasteiger partial charge in [0, 0.05) is 24.9 Å². The molecule has 0 fully saturated rings. The van der Waals surface area contributed by atoms with Gasteiger partial charge in [-0.3, -0.25) is 4.79 Å². The average molecular weight is 385 g/mol. The monoisotopic (exact) mass is 384 g/mol. The predicted molar refractivity (Wildman–Crippen MR) is 96.4 cm³/mol. The number of sulfone groups is 1. The van der Waals surface area contributed by atoms with E-state index in [2.05, 4.69) is 20.3 Å². The van der Waals surface area contributed by atoms with Gasteiger partial charge < -0.3 is 10.3 Å². The minimum atomic E-state index is -2.98. The summed E-state index contributed by atoms with van der Waals surface area (Å²) >= 11 is 6.21. The van der Waals surface area contributed by atoms with Crippen LogP contribution in [0.5, 0.6) is 0 Å². The van der Waals surface area contributed by atoms with Crippen LogP contribution in [0.1, 0.15) is 30.5 Å². The molecule has 9 heteroatoms. The lowest BCUT2D eigenvalue weighted by atomic mass is 9.84. The Kier molecular flexibility index (Phi) is 5.29. The summed E-state index contributed by atoms with van der Waals surface area (Å²) in [7, 11) is -2.98. The zero-order valence-electron chi connectivity index (χ0n) is 14.0. The molecule has 3 rings (SSSR count). The molecule has 0 aliphatic heterocycles. The van der Waals surface area contributed by atoms with Gasteiger partial charge in [-0.2, -0.15) is 0 Å². The van der Waals surface area contributed by atoms with Crippen molar-refractivity contribution < 1.29 is 13.2 Å². The number of hydrogen-bond donors (Lipinski definition) is 2. The quantitative estimate of drug-likeness (QED) is 0.582. The Balaban J connectivity index is 1.58. The third-order valence-corrected chi connectivity index (χ3v) is 5.84. The smallest absolute Gasteiger partial charge is 0.220 e. The molecular weight excluding hydrogens is 364 g/mol. The lowest BCUT2D eigenvalue weighted by Gasteiger charge is -2.22. The first-order valence-corrected chi connectivity index (χ1v) is 10.7. The van der Waals surface area contributed by atoms with E-state index < -0.39 is 9.84 Å². The van der Waals surface area contributed by atoms with Crippen LogP contribution in [0.3, 0.4) is 0 Å². The topological polar surface area (TPSA) is 105 Å². The molecule has 0 spiro atoms. The van der Waals surface area contributed by atoms with Crippen molar-refractivity contribution in [3.8, 4) is 0 Å². The highest BCUT2D eigenvalue weighted by Crippen LogP contribution is 2.34. The second-order valence-corrected chi connectivity index (χ2v) is 9.23. The second kappa shape index (κ2) is 7.29. The minimum absolute atomic E-state index is 0.0378. The highest BCUT2D eigenvalue weighted by Gasteiger charge is 2.26. The second-order valence-electron chi connectivity index (χ2n) is 6.62. The van der Waals surface area contributed by atoms with Crippen LogP contribution in [-0.4, -0.2) is 47.8 Å². The molecule has 1 unspecified atom stereocenters. The molecule has 1 aliphatic rings. The van der Waals surface area contributed by atoms with Crippen LogP contribution in [0.15, 0.2) is 6.33 Å². The van der Waals surface area contributed by atoms with Crippen LogP contribution in [0, 0.1) is 5.92 Å². The van der Waals surface area contributed by atoms with Crippen LogP contribution >= 0.6 is 11.6 Å². The standard InChI is InChI=1S/C16H21ClN4O3S/c1-25(23,24)6-2-5-18-13(22)8-10-3-4-12-11(7-10)14-15(17)19-9-20-16(14)21-12/h9-10H,2-8H2,1H3,(H,18,22)(H,19,20,21). The number of carbonyl (C=O) groups excluding carboxylic acids is 1. The van der Waals surface area contributed by atoms with E-state index in [0.29, 0.717) is 24.5 Å². The number of fused-ring (bicyclic) bond motifs is 3. The molecule has 0 saturated heterocycles. The maximum absolute atomic E-state index is 12.1. The van der Waals surface area contributed by atoms with Crippen LogP contribution in [0.2, 0.25) is 5.15 Å². The molecule has 0 aromatic carbocycles. The van der Waals surface area contributed by atoms with Gasteiger partial charge in [-0.1, -0.05) is 11.6 Å². The molecular formula is C16H21ClN4O3S. The van der Waals surface area contributed by atoms with E-state index in [1.165, 1.54) is 12.6 Å². The fraction of sp³-hybridized carbons (Fsp3) is 0.562. The summed E-state index contributed by atoms with van der Waals surface area (Å²) in [4.78, 5) is 23.7. The predicted octanol–water partition coefficient (Wildman–Crippen LogP) is 1.66. The van der Waals surface area contributed by atoms with Gasteiger partial charge in [0.2, 0.25) is 5.91 Å². The number of H-pyrrole nitrogens is 1. The number of halogens is 1. The van der Waals surface area contributed by atoms with Crippen molar-refractivity contribution in [1.82, 2.24) is 20.3 Å². The Morgan fingerprint density at radius 1 is 1.44 bits per heavy atom. The number of nitrogens with zero attached hydrogens (tertiary/aromatic N) is 2. The maximum atomic E-state index is 12.1. The van der Waals surface area contributed by atoms with E-state index in [1.54, 1.807) is 0 Å². The number of aromatic amines is 1. The molecule has 1 aliphatic carbocycles. The summed E-state index contributed by atoms with van der Waals surface area (Å²) in [6.07, 6.45) is 6.04. The van der Waals surface area contributed by atoms with E-state index in [0.717, 1.165) is 41.6 Å². The van der Waals surface area contributed by atoms with E-state index in [-0.39, 0.29) is 17.6 Å². The first-order valence-electron chi connectivity index (χ1n) is 8.28. The molecule has 2 aromatic rings. The van der Waals surface area contributed by atoms with Gasteiger partial charge in [0.15, 0.2) is 0 Å². The van der Waals surface area contributed by atoms with E-state index in [1.807, 2.05) is 0 Å². The number of carbonyl (C=O) groups is 1. The molecule has 2 aromatic heterocycles. The molecule has 1 atom stereocenters. The Morgan fingerprint density at radius 2 is 2.24 bits per heavy atom. The highest BCUT2D eigenvalue weighted by atomic mass is 35.5. The lowest BCUT2D eigenvalue weighted by Crippen LogP contribution is -2.29. The molecule has 136 valence electrons. The molecule has 7 nitrogen and oxygen atoms in total. The van der Waals surface area contributed by atoms with Crippen molar-refractivity contribution in [2.24, 2.45) is 5.92 Å². The number of amides is 1. The molecule has 2 N–H and O–H groups in total. The fourth-order valence-corrected chi connectivity index (χ4v) is 4.26. The van der Waals surface area contributed by atoms with Crippen LogP contribution < -0.4 is 5.32 Å². The Hall–Kier alpha value is -1.67. The summed E-state index contributed by atoms with van der Waals surface area (Å²) in [6.45, 7) is 0.386. The maximum Gasteiger partial charge on any atom is 0.220 e. The molecule has 0 bridgehead atoms. The number of nitrogens with one attached hydrogen (secondary N) is 2. The molecule has 2 heterocycles. The van der Waals surface area contributed by atoms with Gasteiger partial charge in [0.25, 0.3) is 0 Å². The van der Waals surface area contributed by atoms with Gasteiger partial charge >= 0.3 is 0 Å². The van der Waals surface area contributed by atoms with Crippen LogP contribution in [0.25, 0.3) is 11.0 Å². The third-order valence-electron chi connectivity index (χ3n) is 4.52. The van der Waals surface area contributed by atoms with Crippen molar-refractivity contribution in [1.29, 1.82) is 0 Å². The van der Waals surface area contributed by atoms with Gasteiger partial charge in [-0.15, -0.1) is 0 Å². The summed E-state index contributed by atoms with van der Waals surface area (Å²) in [5.74, 6) is 0.287. The average Bonchev–Trinajstić information content (AvgIpc) is 2.90. The van der Waals surface area contributed by atoms with Crippen molar-refractivity contribution in [3.05, 3.63) is 22.7 Å². The molecule has 1 amide bonds. The normalized spacial score (nSPS) is 17.4. The Labute approximate surface area is 151 Å². The highest BCUT2D eigenvalue weighted by molar-refractivity contribution is 7.90. The van der Waals surface area contributed by atoms with E-state index in [9.17, 15) is 13.2 Å². The summed E-state index contributed by atoms with van der Waals surface area (Å²) in [5.41, 5.74) is 2.99. The lowest BCUT2D eigenvalue weighted by molar-refractivity contribution is -0.122. The largest absolute Gasteiger partial charge is 0.356 e. The molecule has 25 heavy (non-hydrogen) atoms. The third kappa shape index (κ3) is 4.49. The van der Waals surface area contributed by atoms with Crippen molar-refractivity contribution >= 4 is 38.4 Å². The number of hydrogen-bond acceptors (Lipinski definition) is 5. The fourth-order valence-electron chi connectivity index (χ4n) is 3.34. The van der Waals surface area contributed by atoms with Crippen molar-refractivity contribution in [2.45, 2.75) is 32.1 Å². The molecule has 0 saturated carbocycles. The SMILES string of the molecule is CS(=O)(=O)CCCNC(=O)CC1CCc2[nH]c3ncnc(Cl)c3c2C1. The van der Waals surface area contributed by atoms with Crippen molar-refractivity contribution in [2.75, 3.05) is 18.6 Å². The first kappa shape index (κ1) is 18.1. The number of aromatic nitrogens is 3. The van der Waals surface area contributed by atoms with Gasteiger partial charge in [-0.25, -0.2) is 18.4 Å². The van der Waals surface area contributed by atoms with E-state index in [4.69, 9.17) is 11.6 Å². The van der Waals surface area contributed by atoms with Crippen molar-refractivity contribution in [3.63, 3.8) is 0 Å². The summed E-state index contributed by atoms with van der Waals surface area (Å²) < 4.78 is 22.2. The Bertz CT molecular complexity index is 894. The molecule has 0 radical (unpaired) electrons. The van der Waals surface area contributed by atoms with E-state index >= 15 is 0 Å². The summed E-state index contributed by atoms with van der Waals surface area (Å²) in [5, 5.41) is 4.10. The van der Waals surface area contributed by atoms with Gasteiger partial charge in [0.05, 0.1) is 11.1 Å². The summed E-state index contributed by atoms with van der Waals surface area (Å²) in [6, 6.07) is 0. The van der Waals surface area contributed by atoms with Crippen LogP contribution in [0.4, 0.5) is 0 Å². The zero-order chi connectivity index (χ0) is 18.0.